The van der Waals surface area contributed by atoms with Gasteiger partial charge in [-0.15, -0.1) is 0 Å². The van der Waals surface area contributed by atoms with Crippen LogP contribution in [0.5, 0.6) is 0 Å². The molecule has 4 rings (SSSR count). The Morgan fingerprint density at radius 2 is 2.00 bits per heavy atom. The molecule has 1 aliphatic heterocycles. The van der Waals surface area contributed by atoms with Crippen LogP contribution in [0.3, 0.4) is 0 Å². The van der Waals surface area contributed by atoms with Crippen molar-refractivity contribution in [2.75, 3.05) is 5.32 Å². The number of benzene rings is 2. The topological polar surface area (TPSA) is 46.9 Å². The van der Waals surface area contributed by atoms with E-state index in [-0.39, 0.29) is 17.7 Å². The van der Waals surface area contributed by atoms with Gasteiger partial charge in [-0.25, -0.2) is 4.68 Å². The number of carbonyl (C=O) groups excluding carboxylic acids is 1. The van der Waals surface area contributed by atoms with E-state index in [0.29, 0.717) is 0 Å². The molecule has 4 heteroatoms. The lowest BCUT2D eigenvalue weighted by molar-refractivity contribution is -0.117. The summed E-state index contributed by atoms with van der Waals surface area (Å²) in [6.07, 6.45) is 0.896. The number of hydrogen-bond acceptors (Lipinski definition) is 2. The van der Waals surface area contributed by atoms with Crippen molar-refractivity contribution in [2.24, 2.45) is 5.92 Å². The Kier molecular flexibility index (Phi) is 3.41. The molecule has 0 bridgehead atoms. The van der Waals surface area contributed by atoms with Crippen molar-refractivity contribution in [3.63, 3.8) is 0 Å². The Hall–Kier alpha value is -2.62. The zero-order valence-corrected chi connectivity index (χ0v) is 14.2. The molecule has 1 aliphatic rings. The van der Waals surface area contributed by atoms with Gasteiger partial charge in [-0.05, 0) is 42.2 Å². The fourth-order valence-electron chi connectivity index (χ4n) is 3.66. The van der Waals surface area contributed by atoms with E-state index in [1.54, 1.807) is 0 Å². The Morgan fingerprint density at radius 3 is 2.75 bits per heavy atom. The van der Waals surface area contributed by atoms with E-state index in [9.17, 15) is 4.79 Å². The van der Waals surface area contributed by atoms with E-state index in [1.165, 1.54) is 5.39 Å². The van der Waals surface area contributed by atoms with Gasteiger partial charge in [0, 0.05) is 11.1 Å². The first-order valence-corrected chi connectivity index (χ1v) is 8.52. The average Bonchev–Trinajstić information content (AvgIpc) is 3.10. The number of hydrogen-bond donors (Lipinski definition) is 1. The normalized spacial score (nSPS) is 16.7. The molecule has 1 amide bonds. The van der Waals surface area contributed by atoms with Gasteiger partial charge in [0.1, 0.15) is 0 Å². The molecule has 1 N–H and O–H groups in total. The number of aryl methyl sites for hydroxylation is 1. The zero-order valence-electron chi connectivity index (χ0n) is 14.2. The molecule has 0 aliphatic carbocycles. The largest absolute Gasteiger partial charge is 0.325 e. The molecule has 0 radical (unpaired) electrons. The zero-order chi connectivity index (χ0) is 16.8. The third-order valence-corrected chi connectivity index (χ3v) is 4.82. The van der Waals surface area contributed by atoms with E-state index in [2.05, 4.69) is 44.3 Å². The van der Waals surface area contributed by atoms with Crippen molar-refractivity contribution >= 4 is 22.5 Å². The first-order valence-electron chi connectivity index (χ1n) is 8.52. The summed E-state index contributed by atoms with van der Waals surface area (Å²) in [5, 5.41) is 8.99. The summed E-state index contributed by atoms with van der Waals surface area (Å²) >= 11 is 0. The molecule has 0 spiro atoms. The molecule has 1 atom stereocenters. The number of nitrogens with zero attached hydrogens (tertiary/aromatic N) is 2. The van der Waals surface area contributed by atoms with Crippen LogP contribution in [-0.2, 0) is 11.2 Å². The van der Waals surface area contributed by atoms with E-state index in [0.717, 1.165) is 34.6 Å². The summed E-state index contributed by atoms with van der Waals surface area (Å²) in [7, 11) is 0. The summed E-state index contributed by atoms with van der Waals surface area (Å²) < 4.78 is 1.99. The predicted molar refractivity (Wildman–Crippen MR) is 96.7 cm³/mol. The highest BCUT2D eigenvalue weighted by Crippen LogP contribution is 2.38. The first kappa shape index (κ1) is 14.9. The van der Waals surface area contributed by atoms with Crippen molar-refractivity contribution < 1.29 is 4.79 Å². The summed E-state index contributed by atoms with van der Waals surface area (Å²) in [6, 6.07) is 14.4. The van der Waals surface area contributed by atoms with E-state index in [1.807, 2.05) is 28.9 Å². The molecular formula is C20H21N3O. The minimum Gasteiger partial charge on any atom is -0.325 e. The maximum Gasteiger partial charge on any atom is 0.232 e. The Balaban J connectivity index is 1.89. The van der Waals surface area contributed by atoms with E-state index in [4.69, 9.17) is 5.10 Å². The number of amides is 1. The molecule has 2 aromatic carbocycles. The maximum atomic E-state index is 12.2. The fraction of sp³-hybridized carbons (Fsp3) is 0.300. The smallest absolute Gasteiger partial charge is 0.232 e. The van der Waals surface area contributed by atoms with Crippen molar-refractivity contribution in [1.82, 2.24) is 9.78 Å². The fourth-order valence-corrected chi connectivity index (χ4v) is 3.66. The van der Waals surface area contributed by atoms with Crippen molar-refractivity contribution in [3.05, 3.63) is 53.7 Å². The third kappa shape index (κ3) is 2.13. The lowest BCUT2D eigenvalue weighted by Gasteiger charge is -2.13. The van der Waals surface area contributed by atoms with Crippen LogP contribution < -0.4 is 5.32 Å². The van der Waals surface area contributed by atoms with Crippen LogP contribution in [0.1, 0.15) is 37.9 Å². The van der Waals surface area contributed by atoms with E-state index >= 15 is 0 Å². The number of anilines is 1. The van der Waals surface area contributed by atoms with Crippen LogP contribution in [0.4, 0.5) is 5.69 Å². The second kappa shape index (κ2) is 5.48. The number of nitrogens with one attached hydrogen (secondary N) is 1. The highest BCUT2D eigenvalue weighted by atomic mass is 16.2. The van der Waals surface area contributed by atoms with E-state index < -0.39 is 0 Å². The summed E-state index contributed by atoms with van der Waals surface area (Å²) in [4.78, 5) is 12.2. The summed E-state index contributed by atoms with van der Waals surface area (Å²) in [5.74, 6) is 0.270. The summed E-state index contributed by atoms with van der Waals surface area (Å²) in [5.41, 5.74) is 5.21. The van der Waals surface area contributed by atoms with Crippen LogP contribution in [0.15, 0.2) is 42.5 Å². The van der Waals surface area contributed by atoms with Gasteiger partial charge in [0.05, 0.1) is 22.8 Å². The van der Waals surface area contributed by atoms with Crippen LogP contribution in [0.25, 0.3) is 16.6 Å². The van der Waals surface area contributed by atoms with Crippen molar-refractivity contribution in [3.8, 4) is 5.69 Å². The third-order valence-electron chi connectivity index (χ3n) is 4.82. The number of para-hydroxylation sites is 1. The number of aromatic nitrogens is 2. The Labute approximate surface area is 141 Å². The molecule has 1 aromatic heterocycles. The molecular weight excluding hydrogens is 298 g/mol. The van der Waals surface area contributed by atoms with Gasteiger partial charge >= 0.3 is 0 Å². The molecule has 122 valence electrons. The van der Waals surface area contributed by atoms with Gasteiger partial charge in [0.25, 0.3) is 0 Å². The highest BCUT2D eigenvalue weighted by molar-refractivity contribution is 6.03. The quantitative estimate of drug-likeness (QED) is 0.783. The Bertz CT molecular complexity index is 939. The lowest BCUT2D eigenvalue weighted by atomic mass is 9.89. The monoisotopic (exact) mass is 319 g/mol. The molecule has 3 aromatic rings. The van der Waals surface area contributed by atoms with Gasteiger partial charge in [0.2, 0.25) is 5.91 Å². The second-order valence-corrected chi connectivity index (χ2v) is 6.71. The van der Waals surface area contributed by atoms with Crippen LogP contribution in [-0.4, -0.2) is 15.7 Å². The molecule has 0 saturated carbocycles. The minimum absolute atomic E-state index is 0.0904. The van der Waals surface area contributed by atoms with Gasteiger partial charge in [0.15, 0.2) is 0 Å². The molecule has 4 nitrogen and oxygen atoms in total. The van der Waals surface area contributed by atoms with Crippen molar-refractivity contribution in [2.45, 2.75) is 33.1 Å². The second-order valence-electron chi connectivity index (χ2n) is 6.71. The molecule has 1 unspecified atom stereocenters. The molecule has 2 heterocycles. The van der Waals surface area contributed by atoms with Crippen LogP contribution >= 0.6 is 0 Å². The van der Waals surface area contributed by atoms with Gasteiger partial charge < -0.3 is 5.32 Å². The summed E-state index contributed by atoms with van der Waals surface area (Å²) in [6.45, 7) is 6.30. The Morgan fingerprint density at radius 1 is 1.21 bits per heavy atom. The molecule has 0 fully saturated rings. The number of carbonyl (C=O) groups is 1. The van der Waals surface area contributed by atoms with Crippen LogP contribution in [0.2, 0.25) is 0 Å². The SMILES string of the molecule is CCc1nn(-c2ccc3c(c2)C(C(C)C)C(=O)N3)c2ccccc12. The number of rotatable bonds is 3. The standard InChI is InChI=1S/C20H21N3O/c1-4-16-14-7-5-6-8-18(14)23(22-16)13-9-10-17-15(11-13)19(12(2)3)20(24)21-17/h5-12,19H,4H2,1-3H3,(H,21,24). The van der Waals surface area contributed by atoms with Gasteiger partial charge in [-0.2, -0.15) is 5.10 Å². The number of fused-ring (bicyclic) bond motifs is 2. The molecule has 24 heavy (non-hydrogen) atoms. The molecule has 0 saturated heterocycles. The minimum atomic E-state index is -0.0904. The highest BCUT2D eigenvalue weighted by Gasteiger charge is 2.33. The maximum absolute atomic E-state index is 12.2. The van der Waals surface area contributed by atoms with Crippen LogP contribution in [0, 0.1) is 5.92 Å². The predicted octanol–water partition coefficient (Wildman–Crippen LogP) is 4.28. The van der Waals surface area contributed by atoms with Gasteiger partial charge in [-0.3, -0.25) is 4.79 Å². The first-order chi connectivity index (χ1) is 11.6. The average molecular weight is 319 g/mol. The lowest BCUT2D eigenvalue weighted by Crippen LogP contribution is -2.16. The van der Waals surface area contributed by atoms with Gasteiger partial charge in [-0.1, -0.05) is 39.0 Å². The van der Waals surface area contributed by atoms with Crippen molar-refractivity contribution in [1.29, 1.82) is 0 Å².